The van der Waals surface area contributed by atoms with Crippen LogP contribution in [0.25, 0.3) is 0 Å². The van der Waals surface area contributed by atoms with E-state index in [1.807, 2.05) is 27.8 Å². The summed E-state index contributed by atoms with van der Waals surface area (Å²) in [5.41, 5.74) is 2.51. The van der Waals surface area contributed by atoms with Crippen molar-refractivity contribution >= 4 is 0 Å². The minimum Gasteiger partial charge on any atom is -0.291 e. The molecule has 0 aliphatic carbocycles. The summed E-state index contributed by atoms with van der Waals surface area (Å²) in [6, 6.07) is 0. The molecule has 0 spiro atoms. The lowest BCUT2D eigenvalue weighted by molar-refractivity contribution is -0.0982. The van der Waals surface area contributed by atoms with Gasteiger partial charge in [-0.25, -0.2) is 5.48 Å². The third-order valence-electron chi connectivity index (χ3n) is 1.07. The van der Waals surface area contributed by atoms with Gasteiger partial charge in [-0.1, -0.05) is 6.92 Å². The third-order valence-corrected chi connectivity index (χ3v) is 1.07. The van der Waals surface area contributed by atoms with Crippen LogP contribution >= 0.6 is 0 Å². The Morgan fingerprint density at radius 3 is 2.33 bits per heavy atom. The summed E-state index contributed by atoms with van der Waals surface area (Å²) in [5, 5.41) is 2.99. The van der Waals surface area contributed by atoms with Gasteiger partial charge in [-0.3, -0.25) is 10.2 Å². The van der Waals surface area contributed by atoms with Crippen LogP contribution < -0.4 is 10.8 Å². The molecule has 0 rings (SSSR count). The van der Waals surface area contributed by atoms with Crippen molar-refractivity contribution < 1.29 is 4.84 Å². The maximum atomic E-state index is 5.17. The fourth-order valence-corrected chi connectivity index (χ4v) is 0.304. The van der Waals surface area contributed by atoms with E-state index >= 15 is 0 Å². The first-order valence-corrected chi connectivity index (χ1v) is 3.22. The second-order valence-corrected chi connectivity index (χ2v) is 2.36. The first kappa shape index (κ1) is 8.88. The first-order chi connectivity index (χ1) is 4.12. The Labute approximate surface area is 56.7 Å². The smallest absolute Gasteiger partial charge is 0.134 e. The van der Waals surface area contributed by atoms with Crippen LogP contribution in [0.3, 0.4) is 0 Å². The van der Waals surface area contributed by atoms with Crippen LogP contribution in [0.4, 0.5) is 0 Å². The molecule has 0 aromatic rings. The fraction of sp³-hybridized carbons (Fsp3) is 1.00. The maximum absolute atomic E-state index is 5.17. The molecule has 0 amide bonds. The molecule has 0 aliphatic rings. The van der Waals surface area contributed by atoms with Crippen molar-refractivity contribution in [3.05, 3.63) is 0 Å². The molecular formula is C6H16N2O. The molecule has 0 saturated heterocycles. The molecule has 2 N–H and O–H groups in total. The molecule has 0 atom stereocenters. The van der Waals surface area contributed by atoms with Crippen molar-refractivity contribution in [3.8, 4) is 0 Å². The highest BCUT2D eigenvalue weighted by atomic mass is 16.7. The minimum absolute atomic E-state index is 0.268. The molecule has 0 bridgehead atoms. The van der Waals surface area contributed by atoms with Crippen molar-refractivity contribution in [2.24, 2.45) is 0 Å². The molecule has 0 aliphatic heterocycles. The van der Waals surface area contributed by atoms with E-state index in [0.29, 0.717) is 0 Å². The Bertz CT molecular complexity index is 73.5. The van der Waals surface area contributed by atoms with E-state index in [9.17, 15) is 0 Å². The molecular weight excluding hydrogens is 116 g/mol. The second-order valence-electron chi connectivity index (χ2n) is 2.36. The lowest BCUT2D eigenvalue weighted by Crippen LogP contribution is -2.43. The predicted octanol–water partition coefficient (Wildman–Crippen LogP) is 0.483. The normalized spacial score (nSPS) is 12.0. The van der Waals surface area contributed by atoms with Gasteiger partial charge in [0, 0.05) is 6.54 Å². The van der Waals surface area contributed by atoms with Crippen molar-refractivity contribution in [1.82, 2.24) is 10.8 Å². The molecule has 0 heterocycles. The molecule has 3 nitrogen and oxygen atoms in total. The van der Waals surface area contributed by atoms with Crippen LogP contribution in [0.2, 0.25) is 0 Å². The van der Waals surface area contributed by atoms with Gasteiger partial charge in [0.2, 0.25) is 0 Å². The largest absolute Gasteiger partial charge is 0.291 e. The molecule has 0 aromatic carbocycles. The summed E-state index contributed by atoms with van der Waals surface area (Å²) < 4.78 is 0. The summed E-state index contributed by atoms with van der Waals surface area (Å²) in [7, 11) is 1.86. The van der Waals surface area contributed by atoms with E-state index in [-0.39, 0.29) is 5.72 Å². The van der Waals surface area contributed by atoms with Gasteiger partial charge >= 0.3 is 0 Å². The van der Waals surface area contributed by atoms with Crippen LogP contribution in [0.5, 0.6) is 0 Å². The Kier molecular flexibility index (Phi) is 3.77. The topological polar surface area (TPSA) is 33.3 Å². The Morgan fingerprint density at radius 2 is 2.00 bits per heavy atom. The van der Waals surface area contributed by atoms with Gasteiger partial charge in [-0.05, 0) is 20.9 Å². The van der Waals surface area contributed by atoms with Crippen LogP contribution in [-0.4, -0.2) is 19.3 Å². The van der Waals surface area contributed by atoms with E-state index in [1.165, 1.54) is 0 Å². The minimum atomic E-state index is -0.268. The van der Waals surface area contributed by atoms with Gasteiger partial charge in [-0.2, -0.15) is 0 Å². The van der Waals surface area contributed by atoms with Gasteiger partial charge in [0.05, 0.1) is 0 Å². The average molecular weight is 132 g/mol. The Hall–Kier alpha value is -0.120. The predicted molar refractivity (Wildman–Crippen MR) is 37.9 cm³/mol. The van der Waals surface area contributed by atoms with Crippen LogP contribution in [0.15, 0.2) is 0 Å². The van der Waals surface area contributed by atoms with E-state index < -0.39 is 0 Å². The zero-order valence-electron chi connectivity index (χ0n) is 6.62. The lowest BCUT2D eigenvalue weighted by atomic mass is 10.3. The molecule has 0 radical (unpaired) electrons. The number of hydrogen-bond acceptors (Lipinski definition) is 3. The van der Waals surface area contributed by atoms with E-state index in [2.05, 4.69) is 10.8 Å². The van der Waals surface area contributed by atoms with Gasteiger partial charge < -0.3 is 0 Å². The van der Waals surface area contributed by atoms with E-state index in [0.717, 1.165) is 6.54 Å². The van der Waals surface area contributed by atoms with E-state index in [4.69, 9.17) is 4.84 Å². The molecule has 9 heavy (non-hydrogen) atoms. The number of hydrogen-bond donors (Lipinski definition) is 2. The zero-order valence-corrected chi connectivity index (χ0v) is 6.62. The maximum Gasteiger partial charge on any atom is 0.134 e. The third kappa shape index (κ3) is 4.39. The fourth-order valence-electron chi connectivity index (χ4n) is 0.304. The molecule has 0 fully saturated rings. The van der Waals surface area contributed by atoms with Crippen LogP contribution in [0.1, 0.15) is 20.8 Å². The first-order valence-electron chi connectivity index (χ1n) is 3.22. The number of nitrogens with one attached hydrogen (secondary N) is 2. The monoisotopic (exact) mass is 132 g/mol. The lowest BCUT2D eigenvalue weighted by Gasteiger charge is -2.23. The highest BCUT2D eigenvalue weighted by Gasteiger charge is 2.13. The molecule has 56 valence electrons. The summed E-state index contributed by atoms with van der Waals surface area (Å²) in [5.74, 6) is 0. The zero-order chi connectivity index (χ0) is 7.33. The molecule has 0 aromatic heterocycles. The molecule has 0 saturated carbocycles. The summed E-state index contributed by atoms with van der Waals surface area (Å²) >= 11 is 0. The summed E-state index contributed by atoms with van der Waals surface area (Å²) in [4.78, 5) is 5.17. The van der Waals surface area contributed by atoms with Gasteiger partial charge in [0.15, 0.2) is 0 Å². The Morgan fingerprint density at radius 1 is 1.44 bits per heavy atom. The molecule has 0 unspecified atom stereocenters. The van der Waals surface area contributed by atoms with Crippen molar-refractivity contribution in [1.29, 1.82) is 0 Å². The standard InChI is InChI=1S/C6H16N2O/c1-5-8-9-6(2,3)7-4/h7-8H,5H2,1-4H3. The summed E-state index contributed by atoms with van der Waals surface area (Å²) in [6.07, 6.45) is 0. The molecule has 3 heteroatoms. The van der Waals surface area contributed by atoms with Gasteiger partial charge in [0.25, 0.3) is 0 Å². The number of rotatable bonds is 4. The summed E-state index contributed by atoms with van der Waals surface area (Å²) in [6.45, 7) is 6.72. The average Bonchev–Trinajstić information content (AvgIpc) is 1.84. The highest BCUT2D eigenvalue weighted by Crippen LogP contribution is 1.98. The SMILES string of the molecule is CCNOC(C)(C)NC. The van der Waals surface area contributed by atoms with Crippen molar-refractivity contribution in [2.45, 2.75) is 26.5 Å². The van der Waals surface area contributed by atoms with Gasteiger partial charge in [-0.15, -0.1) is 0 Å². The highest BCUT2D eigenvalue weighted by molar-refractivity contribution is 4.58. The second kappa shape index (κ2) is 3.82. The van der Waals surface area contributed by atoms with Gasteiger partial charge in [0.1, 0.15) is 5.72 Å². The Balaban J connectivity index is 3.33. The van der Waals surface area contributed by atoms with Crippen LogP contribution in [0, 0.1) is 0 Å². The number of hydroxylamine groups is 1. The van der Waals surface area contributed by atoms with Crippen molar-refractivity contribution in [3.63, 3.8) is 0 Å². The quantitative estimate of drug-likeness (QED) is 0.431. The van der Waals surface area contributed by atoms with Crippen molar-refractivity contribution in [2.75, 3.05) is 13.6 Å². The van der Waals surface area contributed by atoms with Crippen LogP contribution in [-0.2, 0) is 4.84 Å². The van der Waals surface area contributed by atoms with E-state index in [1.54, 1.807) is 0 Å².